The first kappa shape index (κ1) is 24.9. The van der Waals surface area contributed by atoms with Crippen LogP contribution in [-0.4, -0.2) is 38.4 Å². The van der Waals surface area contributed by atoms with Crippen molar-refractivity contribution in [3.8, 4) is 0 Å². The summed E-state index contributed by atoms with van der Waals surface area (Å²) in [7, 11) is -3.92. The Morgan fingerprint density at radius 1 is 1.12 bits per heavy atom. The second kappa shape index (κ2) is 12.0. The Morgan fingerprint density at radius 2 is 1.84 bits per heavy atom. The number of halogens is 1. The van der Waals surface area contributed by atoms with Crippen molar-refractivity contribution in [1.29, 1.82) is 0 Å². The van der Waals surface area contributed by atoms with Crippen LogP contribution in [0, 0.1) is 6.92 Å². The van der Waals surface area contributed by atoms with E-state index in [0.29, 0.717) is 17.3 Å². The molecule has 5 nitrogen and oxygen atoms in total. The number of hydrogen-bond donors (Lipinski definition) is 1. The minimum Gasteiger partial charge on any atom is -0.354 e. The highest BCUT2D eigenvalue weighted by molar-refractivity contribution is 7.99. The highest BCUT2D eigenvalue weighted by Crippen LogP contribution is 2.28. The topological polar surface area (TPSA) is 66.5 Å². The Morgan fingerprint density at radius 3 is 2.53 bits per heavy atom. The van der Waals surface area contributed by atoms with E-state index >= 15 is 0 Å². The van der Waals surface area contributed by atoms with Crippen molar-refractivity contribution >= 4 is 45.0 Å². The fourth-order valence-corrected chi connectivity index (χ4v) is 6.66. The molecule has 0 heterocycles. The van der Waals surface area contributed by atoms with E-state index in [2.05, 4.69) is 5.32 Å². The summed E-state index contributed by atoms with van der Waals surface area (Å²) in [5.74, 6) is 0.674. The molecule has 32 heavy (non-hydrogen) atoms. The van der Waals surface area contributed by atoms with Crippen molar-refractivity contribution in [2.24, 2.45) is 0 Å². The summed E-state index contributed by atoms with van der Waals surface area (Å²) in [6.07, 6.45) is 7.45. The molecular formula is C24H31ClN2O3S2. The molecular weight excluding hydrogens is 464 g/mol. The van der Waals surface area contributed by atoms with Crippen molar-refractivity contribution < 1.29 is 13.2 Å². The van der Waals surface area contributed by atoms with Gasteiger partial charge in [0.25, 0.3) is 10.0 Å². The zero-order valence-electron chi connectivity index (χ0n) is 18.4. The number of carbonyl (C=O) groups is 1. The molecule has 174 valence electrons. The second-order valence-corrected chi connectivity index (χ2v) is 11.8. The van der Waals surface area contributed by atoms with Gasteiger partial charge in [-0.3, -0.25) is 9.10 Å². The average molecular weight is 495 g/mol. The maximum atomic E-state index is 13.3. The zero-order valence-corrected chi connectivity index (χ0v) is 20.8. The van der Waals surface area contributed by atoms with Gasteiger partial charge in [-0.05, 0) is 62.3 Å². The van der Waals surface area contributed by atoms with Crippen LogP contribution in [-0.2, 0) is 14.8 Å². The number of nitrogens with zero attached hydrogens (tertiary/aromatic N) is 1. The van der Waals surface area contributed by atoms with E-state index in [1.165, 1.54) is 32.1 Å². The van der Waals surface area contributed by atoms with Gasteiger partial charge in [-0.2, -0.15) is 11.8 Å². The summed E-state index contributed by atoms with van der Waals surface area (Å²) in [6, 6.07) is 13.2. The van der Waals surface area contributed by atoms with Gasteiger partial charge in [-0.15, -0.1) is 0 Å². The molecule has 0 aliphatic heterocycles. The van der Waals surface area contributed by atoms with Gasteiger partial charge < -0.3 is 5.32 Å². The summed E-state index contributed by atoms with van der Waals surface area (Å²) >= 11 is 8.09. The molecule has 1 aliphatic carbocycles. The van der Waals surface area contributed by atoms with Crippen LogP contribution in [0.5, 0.6) is 0 Å². The Bertz CT molecular complexity index is 991. The second-order valence-electron chi connectivity index (χ2n) is 8.14. The van der Waals surface area contributed by atoms with Crippen LogP contribution in [0.3, 0.4) is 0 Å². The summed E-state index contributed by atoms with van der Waals surface area (Å²) < 4.78 is 27.8. The monoisotopic (exact) mass is 494 g/mol. The molecule has 0 bridgehead atoms. The van der Waals surface area contributed by atoms with E-state index in [4.69, 9.17) is 11.6 Å². The number of amides is 1. The number of thioether (sulfide) groups is 1. The standard InChI is InChI=1S/C24H31ClN2O3S2/c1-19-11-13-23(14-12-19)32(29,30)27(21-8-5-7-20(25)17-21)18-24(28)26-15-6-16-31-22-9-3-2-4-10-22/h5,7-8,11-14,17,22H,2-4,6,9-10,15-16,18H2,1H3,(H,26,28). The molecule has 2 aromatic carbocycles. The van der Waals surface area contributed by atoms with E-state index in [0.717, 1.165) is 27.3 Å². The maximum absolute atomic E-state index is 13.3. The number of anilines is 1. The molecule has 1 saturated carbocycles. The largest absolute Gasteiger partial charge is 0.354 e. The molecule has 0 unspecified atom stereocenters. The molecule has 0 atom stereocenters. The van der Waals surface area contributed by atoms with E-state index in [1.807, 2.05) is 18.7 Å². The van der Waals surface area contributed by atoms with Crippen LogP contribution in [0.15, 0.2) is 53.4 Å². The quantitative estimate of drug-likeness (QED) is 0.448. The highest BCUT2D eigenvalue weighted by Gasteiger charge is 2.27. The number of nitrogens with one attached hydrogen (secondary N) is 1. The van der Waals surface area contributed by atoms with Gasteiger partial charge in [0.1, 0.15) is 6.54 Å². The summed E-state index contributed by atoms with van der Waals surface area (Å²) in [5, 5.41) is 4.03. The number of carbonyl (C=O) groups excluding carboxylic acids is 1. The van der Waals surface area contributed by atoms with Gasteiger partial charge in [0.2, 0.25) is 5.91 Å². The molecule has 2 aromatic rings. The highest BCUT2D eigenvalue weighted by atomic mass is 35.5. The molecule has 3 rings (SSSR count). The first-order chi connectivity index (χ1) is 15.4. The van der Waals surface area contributed by atoms with E-state index in [-0.39, 0.29) is 17.3 Å². The van der Waals surface area contributed by atoms with E-state index in [1.54, 1.807) is 48.5 Å². The van der Waals surface area contributed by atoms with Crippen LogP contribution < -0.4 is 9.62 Å². The molecule has 0 radical (unpaired) electrons. The number of hydrogen-bond acceptors (Lipinski definition) is 4. The number of rotatable bonds is 10. The number of benzene rings is 2. The first-order valence-electron chi connectivity index (χ1n) is 11.1. The smallest absolute Gasteiger partial charge is 0.264 e. The van der Waals surface area contributed by atoms with Crippen molar-refractivity contribution in [3.63, 3.8) is 0 Å². The lowest BCUT2D eigenvalue weighted by atomic mass is 10.0. The van der Waals surface area contributed by atoms with Crippen molar-refractivity contribution in [1.82, 2.24) is 5.32 Å². The van der Waals surface area contributed by atoms with Crippen LogP contribution in [0.1, 0.15) is 44.1 Å². The number of sulfonamides is 1. The maximum Gasteiger partial charge on any atom is 0.264 e. The van der Waals surface area contributed by atoms with Gasteiger partial charge in [-0.1, -0.05) is 54.6 Å². The molecule has 0 aromatic heterocycles. The molecule has 0 saturated heterocycles. The minimum atomic E-state index is -3.92. The SMILES string of the molecule is Cc1ccc(S(=O)(=O)N(CC(=O)NCCCSC2CCCCC2)c2cccc(Cl)c2)cc1. The first-order valence-corrected chi connectivity index (χ1v) is 14.0. The Labute approximate surface area is 201 Å². The van der Waals surface area contributed by atoms with Crippen molar-refractivity contribution in [2.45, 2.75) is 55.6 Å². The fourth-order valence-electron chi connectivity index (χ4n) is 3.75. The Hall–Kier alpha value is -1.70. The van der Waals surface area contributed by atoms with Crippen molar-refractivity contribution in [2.75, 3.05) is 23.1 Å². The Balaban J connectivity index is 1.62. The lowest BCUT2D eigenvalue weighted by Crippen LogP contribution is -2.41. The molecule has 1 N–H and O–H groups in total. The van der Waals surface area contributed by atoms with Crippen LogP contribution >= 0.6 is 23.4 Å². The van der Waals surface area contributed by atoms with Crippen molar-refractivity contribution in [3.05, 3.63) is 59.1 Å². The third-order valence-corrected chi connectivity index (χ3v) is 9.03. The van der Waals surface area contributed by atoms with Gasteiger partial charge in [0, 0.05) is 16.8 Å². The lowest BCUT2D eigenvalue weighted by Gasteiger charge is -2.24. The predicted molar refractivity (Wildman–Crippen MR) is 134 cm³/mol. The third-order valence-electron chi connectivity index (χ3n) is 5.54. The van der Waals surface area contributed by atoms with Crippen LogP contribution in [0.4, 0.5) is 5.69 Å². The Kier molecular flexibility index (Phi) is 9.32. The summed E-state index contributed by atoms with van der Waals surface area (Å²) in [5.41, 5.74) is 1.32. The van der Waals surface area contributed by atoms with Gasteiger partial charge in [0.15, 0.2) is 0 Å². The summed E-state index contributed by atoms with van der Waals surface area (Å²) in [6.45, 7) is 2.13. The minimum absolute atomic E-state index is 0.139. The normalized spacial score (nSPS) is 14.8. The molecule has 0 spiro atoms. The molecule has 1 amide bonds. The predicted octanol–water partition coefficient (Wildman–Crippen LogP) is 5.42. The van der Waals surface area contributed by atoms with Crippen LogP contribution in [0.2, 0.25) is 5.02 Å². The fraction of sp³-hybridized carbons (Fsp3) is 0.458. The number of aryl methyl sites for hydroxylation is 1. The lowest BCUT2D eigenvalue weighted by molar-refractivity contribution is -0.119. The van der Waals surface area contributed by atoms with E-state index in [9.17, 15) is 13.2 Å². The molecule has 1 aliphatic rings. The van der Waals surface area contributed by atoms with Gasteiger partial charge in [0.05, 0.1) is 10.6 Å². The van der Waals surface area contributed by atoms with E-state index < -0.39 is 10.0 Å². The summed E-state index contributed by atoms with van der Waals surface area (Å²) in [4.78, 5) is 12.8. The molecule has 1 fully saturated rings. The third kappa shape index (κ3) is 7.15. The van der Waals surface area contributed by atoms with Crippen LogP contribution in [0.25, 0.3) is 0 Å². The average Bonchev–Trinajstić information content (AvgIpc) is 2.78. The van der Waals surface area contributed by atoms with Gasteiger partial charge >= 0.3 is 0 Å². The zero-order chi connectivity index (χ0) is 23.0. The van der Waals surface area contributed by atoms with Gasteiger partial charge in [-0.25, -0.2) is 8.42 Å². The molecule has 8 heteroatoms.